The summed E-state index contributed by atoms with van der Waals surface area (Å²) >= 11 is 1.56. The van der Waals surface area contributed by atoms with Crippen LogP contribution in [0, 0.1) is 6.92 Å². The number of nitrogens with one attached hydrogen (secondary N) is 2. The van der Waals surface area contributed by atoms with E-state index in [0.717, 1.165) is 36.5 Å². The number of hydrogen-bond acceptors (Lipinski definition) is 4. The SMILES string of the molecule is Cc1[nH]ncc1CCCNCc1ccc(CC(=O)O)s1. The zero-order valence-corrected chi connectivity index (χ0v) is 12.3. The highest BCUT2D eigenvalue weighted by Crippen LogP contribution is 2.16. The largest absolute Gasteiger partial charge is 0.481 e. The normalized spacial score (nSPS) is 10.8. The number of carboxylic acid groups (broad SMARTS) is 1. The maximum absolute atomic E-state index is 10.6. The van der Waals surface area contributed by atoms with Crippen molar-refractivity contribution in [3.63, 3.8) is 0 Å². The lowest BCUT2D eigenvalue weighted by Gasteiger charge is -2.02. The number of nitrogens with zero attached hydrogens (tertiary/aromatic N) is 1. The van der Waals surface area contributed by atoms with Gasteiger partial charge in [0.2, 0.25) is 0 Å². The molecular formula is C14H19N3O2S. The maximum Gasteiger partial charge on any atom is 0.308 e. The third kappa shape index (κ3) is 4.47. The van der Waals surface area contributed by atoms with Gasteiger partial charge < -0.3 is 10.4 Å². The van der Waals surface area contributed by atoms with Crippen LogP contribution in [0.5, 0.6) is 0 Å². The molecule has 0 aromatic carbocycles. The summed E-state index contributed by atoms with van der Waals surface area (Å²) in [7, 11) is 0. The standard InChI is InChI=1S/C14H19N3O2S/c1-10-11(8-16-17-10)3-2-6-15-9-13-5-4-12(20-13)7-14(18)19/h4-5,8,15H,2-3,6-7,9H2,1H3,(H,16,17)(H,18,19). The van der Waals surface area contributed by atoms with Crippen LogP contribution in [0.25, 0.3) is 0 Å². The van der Waals surface area contributed by atoms with Gasteiger partial charge in [-0.3, -0.25) is 9.89 Å². The Morgan fingerprint density at radius 3 is 2.95 bits per heavy atom. The van der Waals surface area contributed by atoms with Gasteiger partial charge in [-0.25, -0.2) is 0 Å². The Labute approximate surface area is 122 Å². The lowest BCUT2D eigenvalue weighted by atomic mass is 10.1. The van der Waals surface area contributed by atoms with Crippen molar-refractivity contribution in [1.82, 2.24) is 15.5 Å². The molecule has 0 saturated heterocycles. The van der Waals surface area contributed by atoms with E-state index in [4.69, 9.17) is 5.11 Å². The molecule has 5 nitrogen and oxygen atoms in total. The Morgan fingerprint density at radius 1 is 1.45 bits per heavy atom. The zero-order chi connectivity index (χ0) is 14.4. The van der Waals surface area contributed by atoms with Gasteiger partial charge >= 0.3 is 5.97 Å². The Balaban J connectivity index is 1.64. The van der Waals surface area contributed by atoms with E-state index in [-0.39, 0.29) is 6.42 Å². The predicted molar refractivity (Wildman–Crippen MR) is 79.0 cm³/mol. The molecule has 2 rings (SSSR count). The van der Waals surface area contributed by atoms with Crippen LogP contribution in [-0.2, 0) is 24.2 Å². The average molecular weight is 293 g/mol. The molecule has 108 valence electrons. The summed E-state index contributed by atoms with van der Waals surface area (Å²) in [6, 6.07) is 3.89. The summed E-state index contributed by atoms with van der Waals surface area (Å²) in [6.45, 7) is 3.77. The average Bonchev–Trinajstić information content (AvgIpc) is 2.98. The highest BCUT2D eigenvalue weighted by molar-refractivity contribution is 7.12. The minimum absolute atomic E-state index is 0.116. The van der Waals surface area contributed by atoms with Crippen molar-refractivity contribution in [1.29, 1.82) is 0 Å². The summed E-state index contributed by atoms with van der Waals surface area (Å²) in [5.74, 6) is -0.776. The van der Waals surface area contributed by atoms with Gasteiger partial charge in [0.25, 0.3) is 0 Å². The van der Waals surface area contributed by atoms with E-state index in [2.05, 4.69) is 15.5 Å². The van der Waals surface area contributed by atoms with Gasteiger partial charge in [0.15, 0.2) is 0 Å². The Kier molecular flexibility index (Phi) is 5.31. The fourth-order valence-corrected chi connectivity index (χ4v) is 2.98. The van der Waals surface area contributed by atoms with Gasteiger partial charge in [0.05, 0.1) is 12.6 Å². The molecule has 2 heterocycles. The highest BCUT2D eigenvalue weighted by Gasteiger charge is 2.04. The molecule has 0 saturated carbocycles. The van der Waals surface area contributed by atoms with Gasteiger partial charge in [0, 0.05) is 22.0 Å². The Hall–Kier alpha value is -1.66. The molecular weight excluding hydrogens is 274 g/mol. The third-order valence-electron chi connectivity index (χ3n) is 3.08. The molecule has 0 aliphatic heterocycles. The molecule has 0 fully saturated rings. The summed E-state index contributed by atoms with van der Waals surface area (Å²) < 4.78 is 0. The van der Waals surface area contributed by atoms with E-state index in [1.165, 1.54) is 10.4 Å². The molecule has 0 bridgehead atoms. The van der Waals surface area contributed by atoms with Crippen molar-refractivity contribution >= 4 is 17.3 Å². The van der Waals surface area contributed by atoms with Crippen molar-refractivity contribution < 1.29 is 9.90 Å². The van der Waals surface area contributed by atoms with Gasteiger partial charge in [-0.1, -0.05) is 0 Å². The first-order valence-electron chi connectivity index (χ1n) is 6.64. The van der Waals surface area contributed by atoms with Gasteiger partial charge in [-0.2, -0.15) is 5.10 Å². The fourth-order valence-electron chi connectivity index (χ4n) is 2.00. The van der Waals surface area contributed by atoms with Crippen LogP contribution in [0.1, 0.15) is 27.4 Å². The summed E-state index contributed by atoms with van der Waals surface area (Å²) in [4.78, 5) is 12.7. The summed E-state index contributed by atoms with van der Waals surface area (Å²) in [6.07, 6.45) is 4.08. The number of aryl methyl sites for hydroxylation is 2. The summed E-state index contributed by atoms with van der Waals surface area (Å²) in [5, 5.41) is 19.0. The van der Waals surface area contributed by atoms with Gasteiger partial charge in [-0.05, 0) is 44.0 Å². The lowest BCUT2D eigenvalue weighted by Crippen LogP contribution is -2.14. The molecule has 20 heavy (non-hydrogen) atoms. The molecule has 0 aliphatic rings. The number of carboxylic acids is 1. The molecule has 6 heteroatoms. The summed E-state index contributed by atoms with van der Waals surface area (Å²) in [5.41, 5.74) is 2.41. The molecule has 2 aromatic rings. The van der Waals surface area contributed by atoms with Crippen molar-refractivity contribution in [3.05, 3.63) is 39.3 Å². The molecule has 0 atom stereocenters. The van der Waals surface area contributed by atoms with Crippen molar-refractivity contribution in [2.24, 2.45) is 0 Å². The quantitative estimate of drug-likeness (QED) is 0.652. The van der Waals surface area contributed by atoms with Crippen LogP contribution in [0.4, 0.5) is 0 Å². The number of rotatable bonds is 8. The molecule has 0 unspecified atom stereocenters. The van der Waals surface area contributed by atoms with E-state index in [1.54, 1.807) is 11.3 Å². The minimum atomic E-state index is -0.776. The number of thiophene rings is 1. The lowest BCUT2D eigenvalue weighted by molar-refractivity contribution is -0.136. The van der Waals surface area contributed by atoms with Crippen LogP contribution in [0.3, 0.4) is 0 Å². The first kappa shape index (κ1) is 14.7. The molecule has 0 aliphatic carbocycles. The minimum Gasteiger partial charge on any atom is -0.481 e. The number of hydrogen-bond donors (Lipinski definition) is 3. The topological polar surface area (TPSA) is 78.0 Å². The number of aromatic amines is 1. The van der Waals surface area contributed by atoms with E-state index < -0.39 is 5.97 Å². The smallest absolute Gasteiger partial charge is 0.308 e. The second kappa shape index (κ2) is 7.21. The van der Waals surface area contributed by atoms with Crippen LogP contribution in [0.15, 0.2) is 18.3 Å². The predicted octanol–water partition coefficient (Wildman–Crippen LogP) is 2.13. The van der Waals surface area contributed by atoms with E-state index in [1.807, 2.05) is 25.3 Å². The first-order chi connectivity index (χ1) is 9.65. The second-order valence-electron chi connectivity index (χ2n) is 4.74. The van der Waals surface area contributed by atoms with Crippen molar-refractivity contribution in [3.8, 4) is 0 Å². The monoisotopic (exact) mass is 293 g/mol. The fraction of sp³-hybridized carbons (Fsp3) is 0.429. The van der Waals surface area contributed by atoms with Crippen molar-refractivity contribution in [2.45, 2.75) is 32.7 Å². The van der Waals surface area contributed by atoms with Gasteiger partial charge in [0.1, 0.15) is 0 Å². The number of carbonyl (C=O) groups is 1. The van der Waals surface area contributed by atoms with Gasteiger partial charge in [-0.15, -0.1) is 11.3 Å². The second-order valence-corrected chi connectivity index (χ2v) is 5.99. The van der Waals surface area contributed by atoms with E-state index >= 15 is 0 Å². The molecule has 0 amide bonds. The highest BCUT2D eigenvalue weighted by atomic mass is 32.1. The van der Waals surface area contributed by atoms with Crippen molar-refractivity contribution in [2.75, 3.05) is 6.54 Å². The molecule has 0 radical (unpaired) electrons. The number of aromatic nitrogens is 2. The Bertz CT molecular complexity index is 562. The van der Waals surface area contributed by atoms with Crippen LogP contribution < -0.4 is 5.32 Å². The van der Waals surface area contributed by atoms with E-state index in [0.29, 0.717) is 0 Å². The maximum atomic E-state index is 10.6. The molecule has 2 aromatic heterocycles. The number of H-pyrrole nitrogens is 1. The van der Waals surface area contributed by atoms with Crippen LogP contribution in [0.2, 0.25) is 0 Å². The van der Waals surface area contributed by atoms with Crippen LogP contribution >= 0.6 is 11.3 Å². The molecule has 0 spiro atoms. The Morgan fingerprint density at radius 2 is 2.25 bits per heavy atom. The van der Waals surface area contributed by atoms with E-state index in [9.17, 15) is 4.79 Å². The first-order valence-corrected chi connectivity index (χ1v) is 7.45. The molecule has 3 N–H and O–H groups in total. The zero-order valence-electron chi connectivity index (χ0n) is 11.5. The van der Waals surface area contributed by atoms with Crippen LogP contribution in [-0.4, -0.2) is 27.8 Å². The third-order valence-corrected chi connectivity index (χ3v) is 4.16. The number of aliphatic carboxylic acids is 1.